The number of halogens is 1. The van der Waals surface area contributed by atoms with Gasteiger partial charge in [-0.25, -0.2) is 4.98 Å². The second-order valence-corrected chi connectivity index (χ2v) is 12.6. The van der Waals surface area contributed by atoms with Crippen LogP contribution in [0.2, 0.25) is 0 Å². The number of allylic oxidation sites excluding steroid dienone is 2. The van der Waals surface area contributed by atoms with Crippen LogP contribution in [0.5, 0.6) is 0 Å². The van der Waals surface area contributed by atoms with E-state index < -0.39 is 0 Å². The minimum Gasteiger partial charge on any atom is -0.393 e. The van der Waals surface area contributed by atoms with E-state index in [1.165, 1.54) is 53.8 Å². The highest BCUT2D eigenvalue weighted by Gasteiger charge is 2.58. The van der Waals surface area contributed by atoms with Gasteiger partial charge in [0.2, 0.25) is 0 Å². The van der Waals surface area contributed by atoms with Crippen LogP contribution >= 0.6 is 27.3 Å². The Morgan fingerprint density at radius 2 is 1.87 bits per heavy atom. The zero-order valence-corrected chi connectivity index (χ0v) is 20.2. The Morgan fingerprint density at radius 3 is 2.67 bits per heavy atom. The van der Waals surface area contributed by atoms with Crippen molar-refractivity contribution in [2.75, 3.05) is 0 Å². The molecule has 1 aromatic carbocycles. The van der Waals surface area contributed by atoms with Crippen LogP contribution in [0.1, 0.15) is 62.9 Å². The minimum atomic E-state index is -0.0911. The number of benzene rings is 1. The molecule has 6 rings (SSSR count). The van der Waals surface area contributed by atoms with Crippen molar-refractivity contribution in [2.24, 2.45) is 28.6 Å². The van der Waals surface area contributed by atoms with E-state index in [9.17, 15) is 5.11 Å². The van der Waals surface area contributed by atoms with Crippen LogP contribution in [0.4, 0.5) is 0 Å². The molecule has 0 spiro atoms. The van der Waals surface area contributed by atoms with Gasteiger partial charge in [0.1, 0.15) is 5.01 Å². The Bertz CT molecular complexity index is 1030. The lowest BCUT2D eigenvalue weighted by Gasteiger charge is -2.56. The molecular formula is C26H30BrNOS. The maximum Gasteiger partial charge on any atom is 0.124 e. The molecule has 0 radical (unpaired) electrons. The summed E-state index contributed by atoms with van der Waals surface area (Å²) in [5.74, 6) is 2.17. The SMILES string of the molecule is C[C@]12CC[C@H]3[C@@H](CC=C4c5nc(-c6ccc(Br)cc6)sc5CC[C@@]43C)[C@@H]1CC[C@@H]2O. The first kappa shape index (κ1) is 19.7. The van der Waals surface area contributed by atoms with Crippen LogP contribution < -0.4 is 0 Å². The van der Waals surface area contributed by atoms with E-state index in [2.05, 4.69) is 60.1 Å². The smallest absolute Gasteiger partial charge is 0.124 e. The fourth-order valence-corrected chi connectivity index (χ4v) is 8.92. The number of aryl methyl sites for hydroxylation is 1. The van der Waals surface area contributed by atoms with E-state index in [0.29, 0.717) is 5.92 Å². The predicted octanol–water partition coefficient (Wildman–Crippen LogP) is 7.12. The van der Waals surface area contributed by atoms with Gasteiger partial charge in [-0.05, 0) is 91.2 Å². The van der Waals surface area contributed by atoms with Gasteiger partial charge in [-0.1, -0.05) is 48.0 Å². The average molecular weight is 485 g/mol. The van der Waals surface area contributed by atoms with Gasteiger partial charge < -0.3 is 5.11 Å². The van der Waals surface area contributed by atoms with Gasteiger partial charge >= 0.3 is 0 Å². The number of aliphatic hydroxyl groups is 1. The van der Waals surface area contributed by atoms with E-state index in [1.807, 2.05) is 11.3 Å². The van der Waals surface area contributed by atoms with Gasteiger partial charge in [0.25, 0.3) is 0 Å². The fourth-order valence-electron chi connectivity index (χ4n) is 7.57. The second kappa shape index (κ2) is 6.76. The molecule has 1 aromatic heterocycles. The quantitative estimate of drug-likeness (QED) is 0.468. The summed E-state index contributed by atoms with van der Waals surface area (Å²) >= 11 is 5.44. The van der Waals surface area contributed by atoms with Gasteiger partial charge in [0, 0.05) is 14.9 Å². The Balaban J connectivity index is 1.38. The van der Waals surface area contributed by atoms with Crippen molar-refractivity contribution in [3.63, 3.8) is 0 Å². The first-order chi connectivity index (χ1) is 14.4. The lowest BCUT2D eigenvalue weighted by atomic mass is 9.48. The monoisotopic (exact) mass is 483 g/mol. The van der Waals surface area contributed by atoms with Crippen molar-refractivity contribution in [3.05, 3.63) is 45.4 Å². The Hall–Kier alpha value is -0.970. The van der Waals surface area contributed by atoms with E-state index in [0.717, 1.165) is 34.2 Å². The van der Waals surface area contributed by atoms with Crippen molar-refractivity contribution >= 4 is 32.8 Å². The first-order valence-corrected chi connectivity index (χ1v) is 13.2. The predicted molar refractivity (Wildman–Crippen MR) is 127 cm³/mol. The summed E-state index contributed by atoms with van der Waals surface area (Å²) in [5, 5.41) is 11.9. The maximum absolute atomic E-state index is 10.7. The second-order valence-electron chi connectivity index (χ2n) is 10.6. The van der Waals surface area contributed by atoms with Gasteiger partial charge in [-0.3, -0.25) is 0 Å². The summed E-state index contributed by atoms with van der Waals surface area (Å²) in [6, 6.07) is 8.57. The first-order valence-electron chi connectivity index (χ1n) is 11.5. The number of hydrogen-bond acceptors (Lipinski definition) is 3. The van der Waals surface area contributed by atoms with Crippen LogP contribution in [0.25, 0.3) is 16.1 Å². The van der Waals surface area contributed by atoms with E-state index >= 15 is 0 Å². The third kappa shape index (κ3) is 2.66. The van der Waals surface area contributed by atoms with Gasteiger partial charge in [-0.2, -0.15) is 0 Å². The molecular weight excluding hydrogens is 454 g/mol. The number of aliphatic hydroxyl groups excluding tert-OH is 1. The molecule has 2 nitrogen and oxygen atoms in total. The summed E-state index contributed by atoms with van der Waals surface area (Å²) < 4.78 is 1.11. The van der Waals surface area contributed by atoms with Crippen LogP contribution in [0.3, 0.4) is 0 Å². The molecule has 6 atom stereocenters. The molecule has 0 unspecified atom stereocenters. The van der Waals surface area contributed by atoms with E-state index in [4.69, 9.17) is 4.98 Å². The molecule has 1 heterocycles. The molecule has 1 N–H and O–H groups in total. The number of aromatic nitrogens is 1. The standard InChI is InChI=1S/C26H30BrNOS/c1-25-14-12-21-23(28-24(30-21)15-3-5-16(27)6-4-15)20(25)8-7-17-18-9-10-22(29)26(18,2)13-11-19(17)25/h3-6,8,17-19,22,29H,7,9-14H2,1-2H3/t17-,18-,19-,22-,25+,26-/m0/s1. The Labute approximate surface area is 192 Å². The van der Waals surface area contributed by atoms with Gasteiger partial charge in [0.05, 0.1) is 11.8 Å². The lowest BCUT2D eigenvalue weighted by molar-refractivity contribution is -0.0579. The van der Waals surface area contributed by atoms with Crippen molar-refractivity contribution in [3.8, 4) is 10.6 Å². The number of fused-ring (bicyclic) bond motifs is 7. The molecule has 4 heteroatoms. The van der Waals surface area contributed by atoms with Gasteiger partial charge in [0.15, 0.2) is 0 Å². The summed E-state index contributed by atoms with van der Waals surface area (Å²) in [5.41, 5.74) is 4.45. The van der Waals surface area contributed by atoms with Crippen LogP contribution in [0, 0.1) is 28.6 Å². The van der Waals surface area contributed by atoms with E-state index in [-0.39, 0.29) is 16.9 Å². The third-order valence-corrected chi connectivity index (χ3v) is 11.0. The Kier molecular flexibility index (Phi) is 4.44. The molecule has 30 heavy (non-hydrogen) atoms. The van der Waals surface area contributed by atoms with Crippen molar-refractivity contribution in [2.45, 2.75) is 64.9 Å². The van der Waals surface area contributed by atoms with Crippen molar-refractivity contribution in [1.82, 2.24) is 4.98 Å². The van der Waals surface area contributed by atoms with Crippen molar-refractivity contribution in [1.29, 1.82) is 0 Å². The molecule has 2 fully saturated rings. The summed E-state index contributed by atoms with van der Waals surface area (Å²) in [6.07, 6.45) is 10.7. The highest BCUT2D eigenvalue weighted by molar-refractivity contribution is 9.10. The average Bonchev–Trinajstić information content (AvgIpc) is 3.29. The molecule has 2 aromatic rings. The van der Waals surface area contributed by atoms with Crippen molar-refractivity contribution < 1.29 is 5.11 Å². The fraction of sp³-hybridized carbons (Fsp3) is 0.577. The zero-order chi connectivity index (χ0) is 20.7. The molecule has 158 valence electrons. The summed E-state index contributed by atoms with van der Waals surface area (Å²) in [4.78, 5) is 6.68. The highest BCUT2D eigenvalue weighted by Crippen LogP contribution is 2.66. The van der Waals surface area contributed by atoms with Crippen LogP contribution in [0.15, 0.2) is 34.8 Å². The normalized spacial score (nSPS) is 39.5. The van der Waals surface area contributed by atoms with Crippen LogP contribution in [-0.2, 0) is 6.42 Å². The topological polar surface area (TPSA) is 33.1 Å². The number of rotatable bonds is 1. The number of thiazole rings is 1. The largest absolute Gasteiger partial charge is 0.393 e. The molecule has 0 amide bonds. The molecule has 0 aliphatic heterocycles. The maximum atomic E-state index is 10.7. The molecule has 2 saturated carbocycles. The molecule has 0 bridgehead atoms. The Morgan fingerprint density at radius 1 is 1.07 bits per heavy atom. The van der Waals surface area contributed by atoms with Gasteiger partial charge in [-0.15, -0.1) is 11.3 Å². The van der Waals surface area contributed by atoms with Crippen LogP contribution in [-0.4, -0.2) is 16.2 Å². The molecule has 0 saturated heterocycles. The number of nitrogens with zero attached hydrogens (tertiary/aromatic N) is 1. The minimum absolute atomic E-state index is 0.0911. The lowest BCUT2D eigenvalue weighted by Crippen LogP contribution is -2.50. The highest BCUT2D eigenvalue weighted by atomic mass is 79.9. The third-order valence-electron chi connectivity index (χ3n) is 9.33. The molecule has 4 aliphatic carbocycles. The number of hydrogen-bond donors (Lipinski definition) is 1. The van der Waals surface area contributed by atoms with E-state index in [1.54, 1.807) is 0 Å². The summed E-state index contributed by atoms with van der Waals surface area (Å²) in [6.45, 7) is 4.91. The summed E-state index contributed by atoms with van der Waals surface area (Å²) in [7, 11) is 0. The zero-order valence-electron chi connectivity index (χ0n) is 17.8. The molecule has 4 aliphatic rings.